The van der Waals surface area contributed by atoms with E-state index < -0.39 is 5.91 Å². The molecule has 0 saturated heterocycles. The first kappa shape index (κ1) is 21.0. The van der Waals surface area contributed by atoms with E-state index in [1.807, 2.05) is 36.4 Å². The number of carbonyl (C=O) groups excluding carboxylic acids is 1. The van der Waals surface area contributed by atoms with Gasteiger partial charge in [0.25, 0.3) is 5.91 Å². The molecule has 1 N–H and O–H groups in total. The molecular weight excluding hydrogens is 416 g/mol. The number of carbonyl (C=O) groups is 1. The molecular formula is C27H24N2O4. The maximum atomic E-state index is 12.6. The highest BCUT2D eigenvalue weighted by atomic mass is 16.5. The molecule has 0 aliphatic carbocycles. The summed E-state index contributed by atoms with van der Waals surface area (Å²) >= 11 is 0. The maximum Gasteiger partial charge on any atom is 0.287 e. The van der Waals surface area contributed by atoms with Crippen molar-refractivity contribution in [3.63, 3.8) is 0 Å². The lowest BCUT2D eigenvalue weighted by Crippen LogP contribution is -2.36. The first-order chi connectivity index (χ1) is 16.2. The van der Waals surface area contributed by atoms with Gasteiger partial charge in [0.15, 0.2) is 11.2 Å². The van der Waals surface area contributed by atoms with E-state index in [4.69, 9.17) is 9.15 Å². The lowest BCUT2D eigenvalue weighted by atomic mass is 10.1. The van der Waals surface area contributed by atoms with Crippen molar-refractivity contribution in [2.24, 2.45) is 0 Å². The smallest absolute Gasteiger partial charge is 0.287 e. The Morgan fingerprint density at radius 1 is 0.970 bits per heavy atom. The number of ether oxygens (including phenoxy) is 1. The minimum absolute atomic E-state index is 0.0189. The van der Waals surface area contributed by atoms with Gasteiger partial charge in [0, 0.05) is 37.8 Å². The molecule has 1 aromatic heterocycles. The normalized spacial score (nSPS) is 15.9. The fraction of sp³-hybridized carbons (Fsp3) is 0.185. The highest BCUT2D eigenvalue weighted by Gasteiger charge is 2.24. The lowest BCUT2D eigenvalue weighted by molar-refractivity contribution is 0.0916. The van der Waals surface area contributed by atoms with Crippen molar-refractivity contribution in [1.82, 2.24) is 10.2 Å². The summed E-state index contributed by atoms with van der Waals surface area (Å²) in [5.74, 6) is 0.505. The Morgan fingerprint density at radius 3 is 2.61 bits per heavy atom. The second-order valence-corrected chi connectivity index (χ2v) is 8.09. The molecule has 166 valence electrons. The summed E-state index contributed by atoms with van der Waals surface area (Å²) in [6.07, 6.45) is -0.107. The molecule has 2 heterocycles. The van der Waals surface area contributed by atoms with Crippen LogP contribution in [0, 0.1) is 0 Å². The monoisotopic (exact) mass is 440 g/mol. The van der Waals surface area contributed by atoms with Crippen LogP contribution in [0.5, 0.6) is 5.75 Å². The number of nitrogens with zero attached hydrogens (tertiary/aromatic N) is 1. The molecule has 0 fully saturated rings. The molecule has 1 atom stereocenters. The summed E-state index contributed by atoms with van der Waals surface area (Å²) in [6.45, 7) is 2.46. The van der Waals surface area contributed by atoms with Crippen molar-refractivity contribution >= 4 is 16.9 Å². The third-order valence-electron chi connectivity index (χ3n) is 5.80. The third-order valence-corrected chi connectivity index (χ3v) is 5.80. The van der Waals surface area contributed by atoms with Crippen LogP contribution in [0.4, 0.5) is 0 Å². The molecule has 4 aromatic rings. The number of para-hydroxylation sites is 2. The van der Waals surface area contributed by atoms with E-state index in [0.29, 0.717) is 30.6 Å². The van der Waals surface area contributed by atoms with Gasteiger partial charge in [-0.15, -0.1) is 0 Å². The van der Waals surface area contributed by atoms with Crippen LogP contribution < -0.4 is 15.5 Å². The Bertz CT molecular complexity index is 1330. The van der Waals surface area contributed by atoms with Crippen molar-refractivity contribution in [3.8, 4) is 5.75 Å². The molecule has 33 heavy (non-hydrogen) atoms. The zero-order chi connectivity index (χ0) is 22.6. The zero-order valence-corrected chi connectivity index (χ0v) is 18.1. The number of rotatable bonds is 5. The molecule has 0 bridgehead atoms. The standard InChI is InChI=1S/C27H24N2O4/c30-22-16-25(33-24-13-7-5-11-21(22)24)27(31)28-14-15-29-17-20-10-4-6-12-23(20)32-26(18-29)19-8-2-1-3-9-19/h1-13,16,26H,14-15,17-18H2,(H,28,31). The van der Waals surface area contributed by atoms with Gasteiger partial charge < -0.3 is 14.5 Å². The Hall–Kier alpha value is -3.90. The summed E-state index contributed by atoms with van der Waals surface area (Å²) < 4.78 is 12.0. The van der Waals surface area contributed by atoms with Gasteiger partial charge in [-0.05, 0) is 23.8 Å². The van der Waals surface area contributed by atoms with E-state index in [0.717, 1.165) is 23.4 Å². The highest BCUT2D eigenvalue weighted by Crippen LogP contribution is 2.30. The zero-order valence-electron chi connectivity index (χ0n) is 18.1. The molecule has 6 heteroatoms. The van der Waals surface area contributed by atoms with Crippen LogP contribution in [-0.2, 0) is 6.54 Å². The van der Waals surface area contributed by atoms with E-state index in [1.54, 1.807) is 24.3 Å². The van der Waals surface area contributed by atoms with E-state index in [-0.39, 0.29) is 17.3 Å². The molecule has 3 aromatic carbocycles. The van der Waals surface area contributed by atoms with Gasteiger partial charge in [-0.3, -0.25) is 14.5 Å². The molecule has 1 aliphatic heterocycles. The Labute approximate surface area is 191 Å². The average molecular weight is 440 g/mol. The average Bonchev–Trinajstić information content (AvgIpc) is 3.04. The van der Waals surface area contributed by atoms with Crippen molar-refractivity contribution < 1.29 is 13.9 Å². The van der Waals surface area contributed by atoms with Crippen LogP contribution in [0.1, 0.15) is 27.8 Å². The second-order valence-electron chi connectivity index (χ2n) is 8.09. The number of amides is 1. The van der Waals surface area contributed by atoms with Gasteiger partial charge in [0.2, 0.25) is 0 Å². The van der Waals surface area contributed by atoms with Crippen LogP contribution in [0.2, 0.25) is 0 Å². The van der Waals surface area contributed by atoms with E-state index in [2.05, 4.69) is 28.4 Å². The predicted octanol–water partition coefficient (Wildman–Crippen LogP) is 4.16. The van der Waals surface area contributed by atoms with Crippen molar-refractivity contribution in [3.05, 3.63) is 112 Å². The Balaban J connectivity index is 1.28. The number of benzene rings is 3. The fourth-order valence-corrected chi connectivity index (χ4v) is 4.12. The topological polar surface area (TPSA) is 71.8 Å². The van der Waals surface area contributed by atoms with Crippen LogP contribution in [0.15, 0.2) is 94.1 Å². The van der Waals surface area contributed by atoms with Gasteiger partial charge in [-0.1, -0.05) is 60.7 Å². The van der Waals surface area contributed by atoms with Gasteiger partial charge in [-0.25, -0.2) is 0 Å². The quantitative estimate of drug-likeness (QED) is 0.505. The van der Waals surface area contributed by atoms with E-state index in [9.17, 15) is 9.59 Å². The number of hydrogen-bond acceptors (Lipinski definition) is 5. The Morgan fingerprint density at radius 2 is 1.73 bits per heavy atom. The molecule has 1 aliphatic rings. The lowest BCUT2D eigenvalue weighted by Gasteiger charge is -2.24. The summed E-state index contributed by atoms with van der Waals surface area (Å²) in [5, 5.41) is 3.35. The minimum atomic E-state index is -0.399. The highest BCUT2D eigenvalue weighted by molar-refractivity contribution is 5.93. The summed E-state index contributed by atoms with van der Waals surface area (Å²) in [6, 6.07) is 26.4. The summed E-state index contributed by atoms with van der Waals surface area (Å²) in [5.41, 5.74) is 2.40. The number of fused-ring (bicyclic) bond motifs is 2. The van der Waals surface area contributed by atoms with Crippen molar-refractivity contribution in [2.75, 3.05) is 19.6 Å². The number of hydrogen-bond donors (Lipinski definition) is 1. The number of nitrogens with one attached hydrogen (secondary N) is 1. The van der Waals surface area contributed by atoms with Crippen molar-refractivity contribution in [2.45, 2.75) is 12.6 Å². The molecule has 6 nitrogen and oxygen atoms in total. The summed E-state index contributed by atoms with van der Waals surface area (Å²) in [7, 11) is 0. The molecule has 1 amide bonds. The SMILES string of the molecule is O=C(NCCN1Cc2ccccc2OC(c2ccccc2)C1)c1cc(=O)c2ccccc2o1. The molecule has 0 spiro atoms. The predicted molar refractivity (Wildman–Crippen MR) is 126 cm³/mol. The van der Waals surface area contributed by atoms with Crippen LogP contribution in [0.3, 0.4) is 0 Å². The maximum absolute atomic E-state index is 12.6. The minimum Gasteiger partial charge on any atom is -0.484 e. The van der Waals surface area contributed by atoms with Gasteiger partial charge >= 0.3 is 0 Å². The first-order valence-corrected chi connectivity index (χ1v) is 11.0. The molecule has 0 saturated carbocycles. The van der Waals surface area contributed by atoms with Crippen LogP contribution >= 0.6 is 0 Å². The van der Waals surface area contributed by atoms with Crippen LogP contribution in [0.25, 0.3) is 11.0 Å². The Kier molecular flexibility index (Phi) is 5.91. The molecule has 1 unspecified atom stereocenters. The third kappa shape index (κ3) is 4.66. The van der Waals surface area contributed by atoms with Gasteiger partial charge in [-0.2, -0.15) is 0 Å². The molecule has 5 rings (SSSR count). The fourth-order valence-electron chi connectivity index (χ4n) is 4.12. The van der Waals surface area contributed by atoms with Crippen molar-refractivity contribution in [1.29, 1.82) is 0 Å². The van der Waals surface area contributed by atoms with Crippen LogP contribution in [-0.4, -0.2) is 30.4 Å². The largest absolute Gasteiger partial charge is 0.484 e. The van der Waals surface area contributed by atoms with E-state index in [1.165, 1.54) is 6.07 Å². The molecule has 0 radical (unpaired) electrons. The second kappa shape index (κ2) is 9.30. The van der Waals surface area contributed by atoms with Gasteiger partial charge in [0.1, 0.15) is 17.4 Å². The van der Waals surface area contributed by atoms with Gasteiger partial charge in [0.05, 0.1) is 5.39 Å². The van der Waals surface area contributed by atoms with E-state index >= 15 is 0 Å². The summed E-state index contributed by atoms with van der Waals surface area (Å²) in [4.78, 5) is 27.2. The first-order valence-electron chi connectivity index (χ1n) is 11.0.